The Morgan fingerprint density at radius 3 is 2.75 bits per heavy atom. The first-order valence-corrected chi connectivity index (χ1v) is 11.5. The number of nitrogens with one attached hydrogen (secondary N) is 1. The number of carbonyl (C=O) groups excluding carboxylic acids is 2. The molecule has 1 aliphatic rings. The van der Waals surface area contributed by atoms with Gasteiger partial charge in [0, 0.05) is 0 Å². The fourth-order valence-electron chi connectivity index (χ4n) is 3.42. The van der Waals surface area contributed by atoms with Crippen molar-refractivity contribution in [3.63, 3.8) is 0 Å². The third kappa shape index (κ3) is 9.77. The van der Waals surface area contributed by atoms with Crippen LogP contribution < -0.4 is 20.5 Å². The van der Waals surface area contributed by atoms with Gasteiger partial charge in [0.15, 0.2) is 0 Å². The SMILES string of the molecule is CCOC(=O)CC1CCc2cc(OCCCCCC(N)NC(=O)OC(C)(C)C)ccc2O1. The molecule has 8 heteroatoms. The van der Waals surface area contributed by atoms with Crippen molar-refractivity contribution in [2.75, 3.05) is 13.2 Å². The van der Waals surface area contributed by atoms with E-state index in [9.17, 15) is 9.59 Å². The van der Waals surface area contributed by atoms with E-state index < -0.39 is 17.9 Å². The third-order valence-electron chi connectivity index (χ3n) is 4.89. The summed E-state index contributed by atoms with van der Waals surface area (Å²) in [6, 6.07) is 5.81. The molecule has 0 saturated heterocycles. The lowest BCUT2D eigenvalue weighted by Crippen LogP contribution is -2.44. The van der Waals surface area contributed by atoms with Crippen molar-refractivity contribution in [2.24, 2.45) is 5.73 Å². The van der Waals surface area contributed by atoms with Gasteiger partial charge < -0.3 is 30.0 Å². The van der Waals surface area contributed by atoms with Crippen LogP contribution in [0.15, 0.2) is 18.2 Å². The monoisotopic (exact) mass is 450 g/mol. The molecular formula is C24H38N2O6. The summed E-state index contributed by atoms with van der Waals surface area (Å²) in [5.74, 6) is 1.41. The molecule has 3 N–H and O–H groups in total. The molecule has 1 amide bonds. The minimum atomic E-state index is -0.533. The van der Waals surface area contributed by atoms with Crippen molar-refractivity contribution >= 4 is 12.1 Å². The molecule has 1 aromatic carbocycles. The number of esters is 1. The summed E-state index contributed by atoms with van der Waals surface area (Å²) < 4.78 is 22.0. The number of ether oxygens (including phenoxy) is 4. The Balaban J connectivity index is 1.62. The first-order valence-electron chi connectivity index (χ1n) is 11.5. The highest BCUT2D eigenvalue weighted by atomic mass is 16.6. The first kappa shape index (κ1) is 25.8. The van der Waals surface area contributed by atoms with Gasteiger partial charge in [-0.1, -0.05) is 0 Å². The maximum atomic E-state index is 11.7. The van der Waals surface area contributed by atoms with Gasteiger partial charge in [-0.3, -0.25) is 4.79 Å². The van der Waals surface area contributed by atoms with Crippen LogP contribution in [0.2, 0.25) is 0 Å². The Kier molecular flexibility index (Phi) is 10.1. The standard InChI is InChI=1S/C24H38N2O6/c1-5-29-22(27)16-19-11-10-17-15-18(12-13-20(17)31-19)30-14-8-6-7-9-21(25)26-23(28)32-24(2,3)4/h12-13,15,19,21H,5-11,14,16,25H2,1-4H3,(H,26,28). The number of unbranched alkanes of at least 4 members (excludes halogenated alkanes) is 2. The number of fused-ring (bicyclic) bond motifs is 1. The zero-order chi connectivity index (χ0) is 23.6. The van der Waals surface area contributed by atoms with Crippen LogP contribution in [0, 0.1) is 0 Å². The van der Waals surface area contributed by atoms with Gasteiger partial charge >= 0.3 is 12.1 Å². The number of carbonyl (C=O) groups is 2. The van der Waals surface area contributed by atoms with Gasteiger partial charge in [0.05, 0.1) is 25.8 Å². The van der Waals surface area contributed by atoms with Crippen molar-refractivity contribution in [1.29, 1.82) is 0 Å². The molecule has 32 heavy (non-hydrogen) atoms. The molecule has 2 rings (SSSR count). The second-order valence-electron chi connectivity index (χ2n) is 9.01. The van der Waals surface area contributed by atoms with E-state index in [1.807, 2.05) is 39.0 Å². The summed E-state index contributed by atoms with van der Waals surface area (Å²) in [5.41, 5.74) is 6.50. The fraction of sp³-hybridized carbons (Fsp3) is 0.667. The zero-order valence-electron chi connectivity index (χ0n) is 19.8. The number of rotatable bonds is 11. The van der Waals surface area contributed by atoms with Gasteiger partial charge in [-0.05, 0) is 90.0 Å². The Hall–Kier alpha value is -2.48. The van der Waals surface area contributed by atoms with Gasteiger partial charge in [-0.25, -0.2) is 4.79 Å². The normalized spacial score (nSPS) is 16.3. The quantitative estimate of drug-likeness (QED) is 0.297. The summed E-state index contributed by atoms with van der Waals surface area (Å²) in [4.78, 5) is 23.3. The highest BCUT2D eigenvalue weighted by Gasteiger charge is 2.23. The zero-order valence-corrected chi connectivity index (χ0v) is 19.8. The molecule has 0 aliphatic carbocycles. The molecule has 1 aliphatic heterocycles. The average Bonchev–Trinajstić information content (AvgIpc) is 2.69. The van der Waals surface area contributed by atoms with E-state index in [0.717, 1.165) is 49.2 Å². The van der Waals surface area contributed by atoms with Gasteiger partial charge in [-0.2, -0.15) is 0 Å². The molecule has 0 radical (unpaired) electrons. The molecule has 0 saturated carbocycles. The van der Waals surface area contributed by atoms with Crippen molar-refractivity contribution in [1.82, 2.24) is 5.32 Å². The number of amides is 1. The molecular weight excluding hydrogens is 412 g/mol. The summed E-state index contributed by atoms with van der Waals surface area (Å²) in [6.07, 6.45) is 4.29. The highest BCUT2D eigenvalue weighted by molar-refractivity contribution is 5.70. The Labute approximate surface area is 191 Å². The van der Waals surface area contributed by atoms with Gasteiger partial charge in [0.1, 0.15) is 23.2 Å². The molecule has 0 bridgehead atoms. The van der Waals surface area contributed by atoms with Crippen LogP contribution in [-0.2, 0) is 20.7 Å². The van der Waals surface area contributed by atoms with Crippen molar-refractivity contribution in [3.05, 3.63) is 23.8 Å². The van der Waals surface area contributed by atoms with Crippen LogP contribution in [-0.4, -0.2) is 43.1 Å². The van der Waals surface area contributed by atoms with E-state index in [0.29, 0.717) is 19.6 Å². The van der Waals surface area contributed by atoms with Crippen LogP contribution in [0.4, 0.5) is 4.79 Å². The van der Waals surface area contributed by atoms with E-state index >= 15 is 0 Å². The second kappa shape index (κ2) is 12.5. The van der Waals surface area contributed by atoms with E-state index in [2.05, 4.69) is 5.32 Å². The Morgan fingerprint density at radius 1 is 1.25 bits per heavy atom. The third-order valence-corrected chi connectivity index (χ3v) is 4.89. The molecule has 1 heterocycles. The number of alkyl carbamates (subject to hydrolysis) is 1. The van der Waals surface area contributed by atoms with Crippen molar-refractivity contribution in [3.8, 4) is 11.5 Å². The molecule has 180 valence electrons. The lowest BCUT2D eigenvalue weighted by atomic mass is 10.0. The molecule has 2 unspecified atom stereocenters. The molecule has 0 spiro atoms. The minimum Gasteiger partial charge on any atom is -0.494 e. The Morgan fingerprint density at radius 2 is 2.03 bits per heavy atom. The van der Waals surface area contributed by atoms with E-state index in [1.54, 1.807) is 6.92 Å². The largest absolute Gasteiger partial charge is 0.494 e. The van der Waals surface area contributed by atoms with Gasteiger partial charge in [-0.15, -0.1) is 0 Å². The van der Waals surface area contributed by atoms with Crippen LogP contribution in [0.5, 0.6) is 11.5 Å². The van der Waals surface area contributed by atoms with Crippen LogP contribution in [0.25, 0.3) is 0 Å². The summed E-state index contributed by atoms with van der Waals surface area (Å²) in [7, 11) is 0. The average molecular weight is 451 g/mol. The maximum Gasteiger partial charge on any atom is 0.408 e. The van der Waals surface area contributed by atoms with E-state index in [4.69, 9.17) is 24.7 Å². The molecule has 0 fully saturated rings. The first-order chi connectivity index (χ1) is 15.2. The van der Waals surface area contributed by atoms with Crippen LogP contribution in [0.1, 0.15) is 71.8 Å². The summed E-state index contributed by atoms with van der Waals surface area (Å²) >= 11 is 0. The number of hydrogen-bond donors (Lipinski definition) is 2. The number of benzene rings is 1. The number of nitrogens with two attached hydrogens (primary N) is 1. The molecule has 1 aromatic rings. The van der Waals surface area contributed by atoms with Gasteiger partial charge in [0.25, 0.3) is 0 Å². The topological polar surface area (TPSA) is 109 Å². The van der Waals surface area contributed by atoms with Crippen molar-refractivity contribution in [2.45, 2.75) is 90.5 Å². The van der Waals surface area contributed by atoms with E-state index in [-0.39, 0.29) is 18.5 Å². The highest BCUT2D eigenvalue weighted by Crippen LogP contribution is 2.32. The predicted octanol–water partition coefficient (Wildman–Crippen LogP) is 4.08. The predicted molar refractivity (Wildman–Crippen MR) is 122 cm³/mol. The fourth-order valence-corrected chi connectivity index (χ4v) is 3.42. The smallest absolute Gasteiger partial charge is 0.408 e. The second-order valence-corrected chi connectivity index (χ2v) is 9.01. The summed E-state index contributed by atoms with van der Waals surface area (Å²) in [5, 5.41) is 2.65. The van der Waals surface area contributed by atoms with Crippen LogP contribution in [0.3, 0.4) is 0 Å². The van der Waals surface area contributed by atoms with E-state index in [1.165, 1.54) is 0 Å². The van der Waals surface area contributed by atoms with Gasteiger partial charge in [0.2, 0.25) is 0 Å². The number of aryl methyl sites for hydroxylation is 1. The minimum absolute atomic E-state index is 0.135. The molecule has 0 aromatic heterocycles. The molecule has 2 atom stereocenters. The van der Waals surface area contributed by atoms with Crippen molar-refractivity contribution < 1.29 is 28.5 Å². The molecule has 8 nitrogen and oxygen atoms in total. The van der Waals surface area contributed by atoms with Crippen LogP contribution >= 0.6 is 0 Å². The Bertz CT molecular complexity index is 746. The summed E-state index contributed by atoms with van der Waals surface area (Å²) in [6.45, 7) is 8.25. The maximum absolute atomic E-state index is 11.7. The lowest BCUT2D eigenvalue weighted by molar-refractivity contribution is -0.145. The number of hydrogen-bond acceptors (Lipinski definition) is 7. The lowest BCUT2D eigenvalue weighted by Gasteiger charge is -2.26.